The lowest BCUT2D eigenvalue weighted by molar-refractivity contribution is 0.102. The van der Waals surface area contributed by atoms with Crippen molar-refractivity contribution >= 4 is 11.6 Å². The molecule has 2 heterocycles. The van der Waals surface area contributed by atoms with E-state index in [1.54, 1.807) is 18.2 Å². The number of carbonyl (C=O) groups excluding carboxylic acids is 1. The Balaban J connectivity index is 1.60. The van der Waals surface area contributed by atoms with Gasteiger partial charge >= 0.3 is 0 Å². The van der Waals surface area contributed by atoms with E-state index in [0.717, 1.165) is 5.56 Å². The zero-order chi connectivity index (χ0) is 15.6. The van der Waals surface area contributed by atoms with Gasteiger partial charge in [-0.15, -0.1) is 0 Å². The lowest BCUT2D eigenvalue weighted by atomic mass is 10.1. The fourth-order valence-corrected chi connectivity index (χ4v) is 2.37. The highest BCUT2D eigenvalue weighted by atomic mass is 16.7. The summed E-state index contributed by atoms with van der Waals surface area (Å²) >= 11 is 0. The van der Waals surface area contributed by atoms with Crippen molar-refractivity contribution in [3.63, 3.8) is 0 Å². The van der Waals surface area contributed by atoms with Gasteiger partial charge in [-0.05, 0) is 12.1 Å². The third-order valence-electron chi connectivity index (χ3n) is 3.48. The van der Waals surface area contributed by atoms with Crippen molar-refractivity contribution in [3.8, 4) is 22.8 Å². The summed E-state index contributed by atoms with van der Waals surface area (Å²) in [5.74, 6) is 1.40. The predicted octanol–water partition coefficient (Wildman–Crippen LogP) is 3.32. The molecule has 0 atom stereocenters. The monoisotopic (exact) mass is 308 g/mol. The lowest BCUT2D eigenvalue weighted by Crippen LogP contribution is -2.12. The summed E-state index contributed by atoms with van der Waals surface area (Å²) in [5, 5.41) is 6.55. The van der Waals surface area contributed by atoms with Crippen molar-refractivity contribution in [3.05, 3.63) is 60.3 Å². The maximum absolute atomic E-state index is 12.5. The van der Waals surface area contributed by atoms with Gasteiger partial charge in [0.1, 0.15) is 5.56 Å². The third kappa shape index (κ3) is 2.50. The van der Waals surface area contributed by atoms with Crippen LogP contribution in [0.2, 0.25) is 0 Å². The largest absolute Gasteiger partial charge is 0.454 e. The third-order valence-corrected chi connectivity index (χ3v) is 3.48. The molecular weight excluding hydrogens is 296 g/mol. The molecule has 6 nitrogen and oxygen atoms in total. The number of amides is 1. The van der Waals surface area contributed by atoms with E-state index in [1.807, 2.05) is 30.3 Å². The second-order valence-electron chi connectivity index (χ2n) is 4.96. The van der Waals surface area contributed by atoms with Crippen LogP contribution in [0.5, 0.6) is 11.5 Å². The first-order valence-electron chi connectivity index (χ1n) is 7.02. The van der Waals surface area contributed by atoms with Gasteiger partial charge in [0.05, 0.1) is 6.20 Å². The molecule has 1 N–H and O–H groups in total. The molecule has 23 heavy (non-hydrogen) atoms. The van der Waals surface area contributed by atoms with Gasteiger partial charge < -0.3 is 19.3 Å². The van der Waals surface area contributed by atoms with Crippen LogP contribution in [0.1, 0.15) is 10.4 Å². The molecule has 0 radical (unpaired) electrons. The van der Waals surface area contributed by atoms with Crippen LogP contribution in [0.3, 0.4) is 0 Å². The molecule has 0 unspecified atom stereocenters. The number of fused-ring (bicyclic) bond motifs is 1. The fourth-order valence-electron chi connectivity index (χ4n) is 2.37. The van der Waals surface area contributed by atoms with Crippen LogP contribution in [0.25, 0.3) is 11.3 Å². The van der Waals surface area contributed by atoms with Crippen LogP contribution in [-0.4, -0.2) is 17.9 Å². The standard InChI is InChI=1S/C17H12N2O4/c20-17(19-12-6-7-14-15(8-12)22-10-21-14)13-9-18-23-16(13)11-4-2-1-3-5-11/h1-9H,10H2,(H,19,20). The van der Waals surface area contributed by atoms with Crippen LogP contribution in [0.15, 0.2) is 59.3 Å². The van der Waals surface area contributed by atoms with Gasteiger partial charge in [0.2, 0.25) is 6.79 Å². The molecule has 0 saturated heterocycles. The number of ether oxygens (including phenoxy) is 2. The predicted molar refractivity (Wildman–Crippen MR) is 82.5 cm³/mol. The Morgan fingerprint density at radius 3 is 2.74 bits per heavy atom. The number of rotatable bonds is 3. The first-order chi connectivity index (χ1) is 11.3. The average molecular weight is 308 g/mol. The minimum absolute atomic E-state index is 0.191. The normalized spacial score (nSPS) is 12.2. The molecule has 4 rings (SSSR count). The van der Waals surface area contributed by atoms with Crippen molar-refractivity contribution in [2.45, 2.75) is 0 Å². The van der Waals surface area contributed by atoms with Crippen LogP contribution in [0, 0.1) is 0 Å². The molecule has 1 aliphatic heterocycles. The summed E-state index contributed by atoms with van der Waals surface area (Å²) < 4.78 is 15.8. The summed E-state index contributed by atoms with van der Waals surface area (Å²) in [4.78, 5) is 12.5. The lowest BCUT2D eigenvalue weighted by Gasteiger charge is -2.06. The Morgan fingerprint density at radius 2 is 1.87 bits per heavy atom. The van der Waals surface area contributed by atoms with Gasteiger partial charge in [-0.3, -0.25) is 4.79 Å². The molecule has 3 aromatic rings. The van der Waals surface area contributed by atoms with E-state index in [2.05, 4.69) is 10.5 Å². The molecule has 2 aromatic carbocycles. The molecule has 1 amide bonds. The highest BCUT2D eigenvalue weighted by molar-refractivity contribution is 6.07. The summed E-state index contributed by atoms with van der Waals surface area (Å²) in [6.45, 7) is 0.191. The topological polar surface area (TPSA) is 73.6 Å². The number of hydrogen-bond donors (Lipinski definition) is 1. The zero-order valence-corrected chi connectivity index (χ0v) is 12.0. The number of anilines is 1. The van der Waals surface area contributed by atoms with Crippen LogP contribution in [-0.2, 0) is 0 Å². The summed E-state index contributed by atoms with van der Waals surface area (Å²) in [6, 6.07) is 14.6. The molecule has 1 aromatic heterocycles. The van der Waals surface area contributed by atoms with Crippen molar-refractivity contribution in [2.75, 3.05) is 12.1 Å². The average Bonchev–Trinajstić information content (AvgIpc) is 3.24. The first kappa shape index (κ1) is 13.4. The Morgan fingerprint density at radius 1 is 1.04 bits per heavy atom. The van der Waals surface area contributed by atoms with E-state index in [-0.39, 0.29) is 12.7 Å². The number of carbonyl (C=O) groups is 1. The van der Waals surface area contributed by atoms with Gasteiger partial charge in [-0.25, -0.2) is 0 Å². The molecule has 0 fully saturated rings. The fraction of sp³-hybridized carbons (Fsp3) is 0.0588. The molecule has 0 saturated carbocycles. The first-order valence-corrected chi connectivity index (χ1v) is 7.02. The summed E-state index contributed by atoms with van der Waals surface area (Å²) in [5.41, 5.74) is 1.77. The van der Waals surface area contributed by atoms with Crippen molar-refractivity contribution in [1.82, 2.24) is 5.16 Å². The molecular formula is C17H12N2O4. The van der Waals surface area contributed by atoms with Crippen LogP contribution >= 0.6 is 0 Å². The molecule has 114 valence electrons. The highest BCUT2D eigenvalue weighted by Gasteiger charge is 2.19. The zero-order valence-electron chi connectivity index (χ0n) is 12.0. The summed E-state index contributed by atoms with van der Waals surface area (Å²) in [6.07, 6.45) is 1.41. The number of nitrogens with one attached hydrogen (secondary N) is 1. The van der Waals surface area contributed by atoms with Crippen molar-refractivity contribution < 1.29 is 18.8 Å². The van der Waals surface area contributed by atoms with E-state index < -0.39 is 0 Å². The number of nitrogens with zero attached hydrogens (tertiary/aromatic N) is 1. The van der Waals surface area contributed by atoms with E-state index >= 15 is 0 Å². The number of hydrogen-bond acceptors (Lipinski definition) is 5. The van der Waals surface area contributed by atoms with Gasteiger partial charge in [0, 0.05) is 17.3 Å². The SMILES string of the molecule is O=C(Nc1ccc2c(c1)OCO2)c1cnoc1-c1ccccc1. The van der Waals surface area contributed by atoms with Gasteiger partial charge in [-0.1, -0.05) is 35.5 Å². The van der Waals surface area contributed by atoms with Gasteiger partial charge in [-0.2, -0.15) is 0 Å². The van der Waals surface area contributed by atoms with E-state index in [4.69, 9.17) is 14.0 Å². The number of aromatic nitrogens is 1. The molecule has 0 aliphatic carbocycles. The number of benzene rings is 2. The molecule has 0 bridgehead atoms. The minimum atomic E-state index is -0.302. The van der Waals surface area contributed by atoms with E-state index in [0.29, 0.717) is 28.5 Å². The maximum Gasteiger partial charge on any atom is 0.261 e. The molecule has 1 aliphatic rings. The van der Waals surface area contributed by atoms with Crippen molar-refractivity contribution in [2.24, 2.45) is 0 Å². The van der Waals surface area contributed by atoms with Crippen LogP contribution in [0.4, 0.5) is 5.69 Å². The Bertz CT molecular complexity index is 858. The van der Waals surface area contributed by atoms with Crippen LogP contribution < -0.4 is 14.8 Å². The Labute approximate surface area is 131 Å². The van der Waals surface area contributed by atoms with Crippen molar-refractivity contribution in [1.29, 1.82) is 0 Å². The quantitative estimate of drug-likeness (QED) is 0.803. The second-order valence-corrected chi connectivity index (χ2v) is 4.96. The molecule has 0 spiro atoms. The van der Waals surface area contributed by atoms with Gasteiger partial charge in [0.25, 0.3) is 5.91 Å². The molecule has 6 heteroatoms. The minimum Gasteiger partial charge on any atom is -0.454 e. The van der Waals surface area contributed by atoms with E-state index in [1.165, 1.54) is 6.20 Å². The second kappa shape index (κ2) is 5.49. The highest BCUT2D eigenvalue weighted by Crippen LogP contribution is 2.34. The summed E-state index contributed by atoms with van der Waals surface area (Å²) in [7, 11) is 0. The van der Waals surface area contributed by atoms with E-state index in [9.17, 15) is 4.79 Å². The Kier molecular flexibility index (Phi) is 3.20. The Hall–Kier alpha value is -3.28. The maximum atomic E-state index is 12.5. The van der Waals surface area contributed by atoms with Gasteiger partial charge in [0.15, 0.2) is 17.3 Å². The smallest absolute Gasteiger partial charge is 0.261 e.